The highest BCUT2D eigenvalue weighted by Gasteiger charge is 2.18. The molecule has 0 amide bonds. The summed E-state index contributed by atoms with van der Waals surface area (Å²) in [5.41, 5.74) is 2.50. The van der Waals surface area contributed by atoms with Crippen molar-refractivity contribution in [1.82, 2.24) is 4.98 Å². The summed E-state index contributed by atoms with van der Waals surface area (Å²) in [6, 6.07) is 8.19. The van der Waals surface area contributed by atoms with E-state index in [9.17, 15) is 8.78 Å². The van der Waals surface area contributed by atoms with Crippen LogP contribution in [0.5, 0.6) is 0 Å². The fourth-order valence-electron chi connectivity index (χ4n) is 2.70. The Labute approximate surface area is 138 Å². The largest absolute Gasteiger partial charge is 0.252 e. The third-order valence-electron chi connectivity index (χ3n) is 3.91. The highest BCUT2D eigenvalue weighted by molar-refractivity contribution is 6.36. The molecule has 1 aromatic heterocycles. The Hall–Kier alpha value is -2.26. The molecule has 0 aliphatic carbocycles. The first-order valence-corrected chi connectivity index (χ1v) is 7.47. The summed E-state index contributed by atoms with van der Waals surface area (Å²) in [5.74, 6) is -0.986. The molecule has 0 bridgehead atoms. The molecule has 3 rings (SSSR count). The first-order chi connectivity index (χ1) is 10.9. The molecule has 0 N–H and O–H groups in total. The second-order valence-electron chi connectivity index (χ2n) is 5.50. The summed E-state index contributed by atoms with van der Waals surface area (Å²) >= 11 is 6.12. The van der Waals surface area contributed by atoms with E-state index in [1.165, 1.54) is 6.07 Å². The van der Waals surface area contributed by atoms with Crippen LogP contribution in [0.4, 0.5) is 8.78 Å². The van der Waals surface area contributed by atoms with Gasteiger partial charge in [0, 0.05) is 22.7 Å². The number of hydrogen-bond donors (Lipinski definition) is 0. The monoisotopic (exact) mass is 329 g/mol. The number of allylic oxidation sites excluding steroid dienone is 1. The van der Waals surface area contributed by atoms with E-state index in [4.69, 9.17) is 11.6 Å². The lowest BCUT2D eigenvalue weighted by atomic mass is 9.98. The number of fused-ring (bicyclic) bond motifs is 1. The van der Waals surface area contributed by atoms with Crippen molar-refractivity contribution < 1.29 is 8.78 Å². The number of nitrogens with zero attached hydrogens (tertiary/aromatic N) is 1. The molecule has 0 saturated heterocycles. The molecule has 4 heteroatoms. The van der Waals surface area contributed by atoms with Crippen LogP contribution in [0.3, 0.4) is 0 Å². The Morgan fingerprint density at radius 3 is 2.61 bits per heavy atom. The first kappa shape index (κ1) is 15.6. The molecule has 0 aliphatic rings. The number of pyridine rings is 1. The number of benzene rings is 2. The molecular weight excluding hydrogens is 316 g/mol. The fraction of sp³-hybridized carbons (Fsp3) is 0.105. The van der Waals surface area contributed by atoms with Crippen molar-refractivity contribution in [2.75, 3.05) is 0 Å². The highest BCUT2D eigenvalue weighted by atomic mass is 35.5. The lowest BCUT2D eigenvalue weighted by molar-refractivity contribution is 0.615. The molecule has 116 valence electrons. The minimum absolute atomic E-state index is 0.0269. The van der Waals surface area contributed by atoms with Crippen LogP contribution >= 0.6 is 11.6 Å². The quantitative estimate of drug-likeness (QED) is 0.547. The minimum atomic E-state index is -0.540. The molecule has 3 aromatic rings. The van der Waals surface area contributed by atoms with Crippen LogP contribution in [0.1, 0.15) is 18.1 Å². The van der Waals surface area contributed by atoms with Crippen LogP contribution in [0.25, 0.3) is 27.6 Å². The summed E-state index contributed by atoms with van der Waals surface area (Å²) in [7, 11) is 0. The third-order valence-corrected chi connectivity index (χ3v) is 4.28. The van der Waals surface area contributed by atoms with Crippen molar-refractivity contribution in [2.24, 2.45) is 0 Å². The Bertz CT molecular complexity index is 948. The Morgan fingerprint density at radius 2 is 1.91 bits per heavy atom. The summed E-state index contributed by atoms with van der Waals surface area (Å²) in [6.45, 7) is 7.31. The molecule has 0 unspecified atom stereocenters. The van der Waals surface area contributed by atoms with E-state index in [2.05, 4.69) is 11.6 Å². The van der Waals surface area contributed by atoms with Gasteiger partial charge in [-0.15, -0.1) is 0 Å². The fourth-order valence-corrected chi connectivity index (χ4v) is 2.98. The number of rotatable bonds is 2. The van der Waals surface area contributed by atoms with Gasteiger partial charge in [-0.05, 0) is 36.4 Å². The zero-order valence-corrected chi connectivity index (χ0v) is 13.5. The third kappa shape index (κ3) is 2.51. The van der Waals surface area contributed by atoms with Crippen LogP contribution in [0.15, 0.2) is 43.1 Å². The van der Waals surface area contributed by atoms with Gasteiger partial charge >= 0.3 is 0 Å². The second-order valence-corrected chi connectivity index (χ2v) is 5.88. The van der Waals surface area contributed by atoms with Crippen LogP contribution < -0.4 is 0 Å². The van der Waals surface area contributed by atoms with Crippen LogP contribution in [-0.2, 0) is 0 Å². The zero-order valence-electron chi connectivity index (χ0n) is 12.8. The van der Waals surface area contributed by atoms with Gasteiger partial charge in [0.05, 0.1) is 5.02 Å². The topological polar surface area (TPSA) is 12.9 Å². The second kappa shape index (κ2) is 5.74. The van der Waals surface area contributed by atoms with E-state index in [0.717, 1.165) is 11.0 Å². The number of aromatic nitrogens is 1. The van der Waals surface area contributed by atoms with Gasteiger partial charge in [0.15, 0.2) is 5.82 Å². The molecule has 0 aliphatic heterocycles. The summed E-state index contributed by atoms with van der Waals surface area (Å²) < 4.78 is 28.7. The standard InChI is InChI=1S/C19H14ClF2N/c1-10(2)14-9-23-19(18(22)11(14)3)13-6-4-5-12-7-8-15(21)17(20)16(12)13/h4-9H,1H2,2-3H3. The average Bonchev–Trinajstić information content (AvgIpc) is 2.53. The van der Waals surface area contributed by atoms with Gasteiger partial charge < -0.3 is 0 Å². The van der Waals surface area contributed by atoms with Gasteiger partial charge in [-0.1, -0.05) is 42.4 Å². The lowest BCUT2D eigenvalue weighted by Crippen LogP contribution is -1.98. The first-order valence-electron chi connectivity index (χ1n) is 7.10. The van der Waals surface area contributed by atoms with Gasteiger partial charge in [-0.2, -0.15) is 0 Å². The average molecular weight is 330 g/mol. The van der Waals surface area contributed by atoms with Crippen molar-refractivity contribution in [3.8, 4) is 11.3 Å². The summed E-state index contributed by atoms with van der Waals surface area (Å²) in [4.78, 5) is 4.23. The SMILES string of the molecule is C=C(C)c1cnc(-c2cccc3ccc(F)c(Cl)c23)c(F)c1C. The molecular formula is C19H14ClF2N. The predicted molar refractivity (Wildman–Crippen MR) is 91.6 cm³/mol. The maximum absolute atomic E-state index is 14.8. The van der Waals surface area contributed by atoms with E-state index < -0.39 is 11.6 Å². The molecule has 0 saturated carbocycles. The van der Waals surface area contributed by atoms with Gasteiger partial charge in [-0.3, -0.25) is 4.98 Å². The van der Waals surface area contributed by atoms with E-state index in [0.29, 0.717) is 22.1 Å². The minimum Gasteiger partial charge on any atom is -0.252 e. The van der Waals surface area contributed by atoms with Gasteiger partial charge in [0.2, 0.25) is 0 Å². The van der Waals surface area contributed by atoms with E-state index in [1.807, 2.05) is 0 Å². The normalized spacial score (nSPS) is 11.0. The Balaban J connectivity index is 2.36. The molecule has 1 heterocycles. The summed E-state index contributed by atoms with van der Waals surface area (Å²) in [6.07, 6.45) is 1.59. The Morgan fingerprint density at radius 1 is 1.17 bits per heavy atom. The van der Waals surface area contributed by atoms with Crippen LogP contribution in [-0.4, -0.2) is 4.98 Å². The van der Waals surface area contributed by atoms with Gasteiger partial charge in [-0.25, -0.2) is 8.78 Å². The molecule has 23 heavy (non-hydrogen) atoms. The predicted octanol–water partition coefficient (Wildman–Crippen LogP) is 6.17. The van der Waals surface area contributed by atoms with E-state index >= 15 is 0 Å². The smallest absolute Gasteiger partial charge is 0.152 e. The number of hydrogen-bond acceptors (Lipinski definition) is 1. The van der Waals surface area contributed by atoms with Gasteiger partial charge in [0.25, 0.3) is 0 Å². The maximum Gasteiger partial charge on any atom is 0.152 e. The molecule has 1 nitrogen and oxygen atoms in total. The number of halogens is 3. The van der Waals surface area contributed by atoms with Crippen molar-refractivity contribution in [2.45, 2.75) is 13.8 Å². The van der Waals surface area contributed by atoms with Crippen molar-refractivity contribution in [3.63, 3.8) is 0 Å². The van der Waals surface area contributed by atoms with Crippen LogP contribution in [0, 0.1) is 18.6 Å². The molecule has 0 fully saturated rings. The van der Waals surface area contributed by atoms with Crippen molar-refractivity contribution >= 4 is 27.9 Å². The maximum atomic E-state index is 14.8. The molecule has 0 atom stereocenters. The summed E-state index contributed by atoms with van der Waals surface area (Å²) in [5, 5.41) is 1.17. The zero-order chi connectivity index (χ0) is 16.7. The lowest BCUT2D eigenvalue weighted by Gasteiger charge is -2.13. The van der Waals surface area contributed by atoms with E-state index in [1.54, 1.807) is 44.3 Å². The molecule has 0 spiro atoms. The molecule has 2 aromatic carbocycles. The Kier molecular flexibility index (Phi) is 3.90. The van der Waals surface area contributed by atoms with Gasteiger partial charge in [0.1, 0.15) is 11.5 Å². The van der Waals surface area contributed by atoms with Crippen LogP contribution in [0.2, 0.25) is 5.02 Å². The van der Waals surface area contributed by atoms with Crippen molar-refractivity contribution in [1.29, 1.82) is 0 Å². The highest BCUT2D eigenvalue weighted by Crippen LogP contribution is 2.36. The van der Waals surface area contributed by atoms with Crippen molar-refractivity contribution in [3.05, 3.63) is 70.9 Å². The van der Waals surface area contributed by atoms with E-state index in [-0.39, 0.29) is 10.7 Å². The molecule has 0 radical (unpaired) electrons.